The van der Waals surface area contributed by atoms with Crippen LogP contribution >= 0.6 is 12.2 Å². The van der Waals surface area contributed by atoms with Crippen LogP contribution in [-0.4, -0.2) is 26.4 Å². The van der Waals surface area contributed by atoms with E-state index in [0.29, 0.717) is 11.7 Å². The fourth-order valence-corrected chi connectivity index (χ4v) is 5.28. The Labute approximate surface area is 210 Å². The zero-order chi connectivity index (χ0) is 24.5. The maximum absolute atomic E-state index is 10.6. The summed E-state index contributed by atoms with van der Waals surface area (Å²) in [5.74, 6) is 1.07. The molecule has 0 saturated carbocycles. The Hall–Kier alpha value is -3.84. The second-order valence-corrected chi connectivity index (χ2v) is 8.96. The number of pyridine rings is 1. The van der Waals surface area contributed by atoms with Crippen LogP contribution in [0.4, 0.5) is 5.69 Å². The number of aromatic hydroxyl groups is 1. The summed E-state index contributed by atoms with van der Waals surface area (Å²) in [6.45, 7) is 6.73. The van der Waals surface area contributed by atoms with Crippen molar-refractivity contribution in [2.75, 3.05) is 11.5 Å². The maximum Gasteiger partial charge on any atom is 0.174 e. The summed E-state index contributed by atoms with van der Waals surface area (Å²) in [6, 6.07) is 23.3. The summed E-state index contributed by atoms with van der Waals surface area (Å²) in [5, 5.41) is 14.7. The largest absolute Gasteiger partial charge is 0.506 e. The van der Waals surface area contributed by atoms with Crippen molar-refractivity contribution in [3.8, 4) is 17.2 Å². The van der Waals surface area contributed by atoms with E-state index in [1.165, 1.54) is 0 Å². The number of phenolic OH excluding ortho intramolecular Hbond substituents is 1. The average Bonchev–Trinajstić information content (AvgIpc) is 3.36. The summed E-state index contributed by atoms with van der Waals surface area (Å²) in [4.78, 5) is 6.81. The van der Waals surface area contributed by atoms with Gasteiger partial charge < -0.3 is 24.6 Å². The first-order valence-electron chi connectivity index (χ1n) is 11.7. The summed E-state index contributed by atoms with van der Waals surface area (Å²) < 4.78 is 7.74. The molecule has 1 saturated heterocycles. The molecule has 6 nitrogen and oxygen atoms in total. The molecule has 178 valence electrons. The monoisotopic (exact) mass is 484 g/mol. The highest BCUT2D eigenvalue weighted by molar-refractivity contribution is 7.80. The number of thiocarbonyl (C=S) groups is 1. The van der Waals surface area contributed by atoms with Crippen LogP contribution in [0.5, 0.6) is 11.5 Å². The van der Waals surface area contributed by atoms with Crippen molar-refractivity contribution >= 4 is 23.0 Å². The molecule has 1 aliphatic rings. The molecule has 2 aromatic heterocycles. The fourth-order valence-electron chi connectivity index (χ4n) is 4.93. The van der Waals surface area contributed by atoms with Gasteiger partial charge in [0.05, 0.1) is 30.1 Å². The standard InChI is InChI=1S/C28H28N4O2S/c1-4-34-21-14-12-20(13-15-21)32-27(26(30-28(32)35)23-9-7-8-16-29-23)22-17-18(2)31(19(22)3)24-10-5-6-11-25(24)33/h5-17,26-27,33H,4H2,1-3H3,(H,30,35)/t26-,27-/m0/s1. The van der Waals surface area contributed by atoms with Crippen molar-refractivity contribution in [3.63, 3.8) is 0 Å². The highest BCUT2D eigenvalue weighted by atomic mass is 32.1. The van der Waals surface area contributed by atoms with Gasteiger partial charge in [-0.15, -0.1) is 0 Å². The molecule has 7 heteroatoms. The lowest BCUT2D eigenvalue weighted by Crippen LogP contribution is -2.29. The van der Waals surface area contributed by atoms with Crippen LogP contribution in [0.3, 0.4) is 0 Å². The number of aromatic nitrogens is 2. The summed E-state index contributed by atoms with van der Waals surface area (Å²) >= 11 is 5.87. The molecule has 2 aromatic carbocycles. The molecule has 4 aromatic rings. The Balaban J connectivity index is 1.65. The van der Waals surface area contributed by atoms with Gasteiger partial charge in [-0.1, -0.05) is 18.2 Å². The minimum atomic E-state index is -0.145. The number of anilines is 1. The van der Waals surface area contributed by atoms with E-state index in [0.717, 1.165) is 39.8 Å². The predicted octanol–water partition coefficient (Wildman–Crippen LogP) is 5.77. The number of nitrogens with zero attached hydrogens (tertiary/aromatic N) is 3. The molecule has 0 spiro atoms. The van der Waals surface area contributed by atoms with Gasteiger partial charge in [-0.3, -0.25) is 4.98 Å². The molecular formula is C28H28N4O2S. The summed E-state index contributed by atoms with van der Waals surface area (Å²) in [7, 11) is 0. The van der Waals surface area contributed by atoms with Crippen molar-refractivity contribution in [2.24, 2.45) is 0 Å². The number of ether oxygens (including phenoxy) is 1. The number of benzene rings is 2. The van der Waals surface area contributed by atoms with E-state index in [4.69, 9.17) is 17.0 Å². The zero-order valence-electron chi connectivity index (χ0n) is 20.0. The lowest BCUT2D eigenvalue weighted by Gasteiger charge is -2.28. The van der Waals surface area contributed by atoms with Gasteiger partial charge in [0, 0.05) is 23.3 Å². The van der Waals surface area contributed by atoms with Crippen LogP contribution in [0, 0.1) is 13.8 Å². The van der Waals surface area contributed by atoms with Gasteiger partial charge in [0.25, 0.3) is 0 Å². The predicted molar refractivity (Wildman–Crippen MR) is 142 cm³/mol. The van der Waals surface area contributed by atoms with Crippen LogP contribution in [-0.2, 0) is 0 Å². The van der Waals surface area contributed by atoms with Crippen LogP contribution in [0.1, 0.15) is 41.7 Å². The van der Waals surface area contributed by atoms with Crippen molar-refractivity contribution in [3.05, 3.63) is 102 Å². The fraction of sp³-hybridized carbons (Fsp3) is 0.214. The quantitative estimate of drug-likeness (QED) is 0.339. The maximum atomic E-state index is 10.6. The molecule has 0 radical (unpaired) electrons. The molecule has 0 unspecified atom stereocenters. The van der Waals surface area contributed by atoms with Crippen molar-refractivity contribution < 1.29 is 9.84 Å². The third-order valence-electron chi connectivity index (χ3n) is 6.44. The van der Waals surface area contributed by atoms with E-state index in [1.807, 2.05) is 73.8 Å². The Morgan fingerprint density at radius 2 is 1.77 bits per heavy atom. The molecule has 2 atom stereocenters. The van der Waals surface area contributed by atoms with Gasteiger partial charge in [-0.2, -0.15) is 0 Å². The van der Waals surface area contributed by atoms with E-state index >= 15 is 0 Å². The van der Waals surface area contributed by atoms with Crippen LogP contribution in [0.15, 0.2) is 79.0 Å². The van der Waals surface area contributed by atoms with Crippen molar-refractivity contribution in [1.29, 1.82) is 0 Å². The van der Waals surface area contributed by atoms with Crippen LogP contribution in [0.2, 0.25) is 0 Å². The molecule has 1 aliphatic heterocycles. The summed E-state index contributed by atoms with van der Waals surface area (Å²) in [5.41, 5.74) is 5.83. The number of hydrogen-bond donors (Lipinski definition) is 2. The Kier molecular flexibility index (Phi) is 6.17. The number of aryl methyl sites for hydroxylation is 1. The lowest BCUT2D eigenvalue weighted by molar-refractivity contribution is 0.340. The highest BCUT2D eigenvalue weighted by Gasteiger charge is 2.42. The van der Waals surface area contributed by atoms with Gasteiger partial charge in [0.2, 0.25) is 0 Å². The van der Waals surface area contributed by atoms with Gasteiger partial charge in [-0.25, -0.2) is 0 Å². The first-order chi connectivity index (χ1) is 17.0. The van der Waals surface area contributed by atoms with Gasteiger partial charge in [0.15, 0.2) is 5.11 Å². The van der Waals surface area contributed by atoms with Crippen molar-refractivity contribution in [1.82, 2.24) is 14.9 Å². The number of phenols is 1. The number of hydrogen-bond acceptors (Lipinski definition) is 4. The smallest absolute Gasteiger partial charge is 0.174 e. The molecule has 0 bridgehead atoms. The number of rotatable bonds is 6. The average molecular weight is 485 g/mol. The second-order valence-electron chi connectivity index (χ2n) is 8.57. The van der Waals surface area contributed by atoms with Crippen LogP contribution in [0.25, 0.3) is 5.69 Å². The molecule has 3 heterocycles. The van der Waals surface area contributed by atoms with Gasteiger partial charge in [-0.05, 0) is 93.1 Å². The second kappa shape index (κ2) is 9.43. The van der Waals surface area contributed by atoms with Gasteiger partial charge >= 0.3 is 0 Å². The highest BCUT2D eigenvalue weighted by Crippen LogP contribution is 2.44. The minimum Gasteiger partial charge on any atom is -0.506 e. The Bertz CT molecular complexity index is 1350. The molecule has 2 N–H and O–H groups in total. The van der Waals surface area contributed by atoms with E-state index in [1.54, 1.807) is 6.07 Å². The molecular weight excluding hydrogens is 456 g/mol. The lowest BCUT2D eigenvalue weighted by atomic mass is 9.96. The molecule has 0 amide bonds. The first-order valence-corrected chi connectivity index (χ1v) is 12.1. The minimum absolute atomic E-state index is 0.138. The third-order valence-corrected chi connectivity index (χ3v) is 6.75. The van der Waals surface area contributed by atoms with Crippen molar-refractivity contribution in [2.45, 2.75) is 32.9 Å². The molecule has 5 rings (SSSR count). The van der Waals surface area contributed by atoms with E-state index in [-0.39, 0.29) is 17.8 Å². The topological polar surface area (TPSA) is 62.5 Å². The zero-order valence-corrected chi connectivity index (χ0v) is 20.8. The normalized spacial score (nSPS) is 17.5. The number of nitrogens with one attached hydrogen (secondary N) is 1. The van der Waals surface area contributed by atoms with E-state index in [2.05, 4.69) is 39.7 Å². The SMILES string of the molecule is CCOc1ccc(N2C(=S)N[C@@H](c3ccccn3)[C@@H]2c2cc(C)n(-c3ccccc3O)c2C)cc1. The van der Waals surface area contributed by atoms with Gasteiger partial charge in [0.1, 0.15) is 11.5 Å². The Morgan fingerprint density at radius 1 is 1.03 bits per heavy atom. The van der Waals surface area contributed by atoms with E-state index < -0.39 is 0 Å². The van der Waals surface area contributed by atoms with Crippen LogP contribution < -0.4 is 15.0 Å². The first kappa shape index (κ1) is 22.9. The summed E-state index contributed by atoms with van der Waals surface area (Å²) in [6.07, 6.45) is 1.81. The molecule has 1 fully saturated rings. The Morgan fingerprint density at radius 3 is 2.46 bits per heavy atom. The third kappa shape index (κ3) is 4.12. The van der Waals surface area contributed by atoms with E-state index in [9.17, 15) is 5.11 Å². The number of para-hydroxylation sites is 2. The molecule has 35 heavy (non-hydrogen) atoms. The molecule has 0 aliphatic carbocycles.